The van der Waals surface area contributed by atoms with Crippen LogP contribution in [0.15, 0.2) is 24.3 Å². The van der Waals surface area contributed by atoms with Crippen LogP contribution in [0.3, 0.4) is 0 Å². The van der Waals surface area contributed by atoms with Gasteiger partial charge in [-0.25, -0.2) is 4.79 Å². The Morgan fingerprint density at radius 1 is 1.32 bits per heavy atom. The Morgan fingerprint density at radius 2 is 2.05 bits per heavy atom. The van der Waals surface area contributed by atoms with Crippen LogP contribution in [0.25, 0.3) is 0 Å². The van der Waals surface area contributed by atoms with E-state index in [4.69, 9.17) is 0 Å². The Bertz CT molecular complexity index is 575. The molecule has 2 N–H and O–H groups in total. The van der Waals surface area contributed by atoms with Gasteiger partial charge in [-0.2, -0.15) is 13.2 Å². The predicted molar refractivity (Wildman–Crippen MR) is 74.3 cm³/mol. The zero-order valence-corrected chi connectivity index (χ0v) is 11.9. The van der Waals surface area contributed by atoms with Crippen molar-refractivity contribution in [2.24, 2.45) is 0 Å². The molecule has 0 unspecified atom stereocenters. The third kappa shape index (κ3) is 4.12. The van der Waals surface area contributed by atoms with Crippen molar-refractivity contribution in [2.75, 3.05) is 18.4 Å². The highest BCUT2D eigenvalue weighted by atomic mass is 19.4. The third-order valence-electron chi connectivity index (χ3n) is 3.32. The summed E-state index contributed by atoms with van der Waals surface area (Å²) in [6, 6.07) is 3.87. The van der Waals surface area contributed by atoms with Crippen LogP contribution in [0.2, 0.25) is 0 Å². The van der Waals surface area contributed by atoms with Crippen molar-refractivity contribution in [3.8, 4) is 0 Å². The van der Waals surface area contributed by atoms with Crippen LogP contribution in [-0.2, 0) is 11.0 Å². The first-order valence-electron chi connectivity index (χ1n) is 6.76. The second kappa shape index (κ2) is 6.25. The molecule has 2 rings (SSSR count). The molecule has 0 aromatic heterocycles. The van der Waals surface area contributed by atoms with E-state index in [2.05, 4.69) is 10.6 Å². The molecule has 1 aliphatic heterocycles. The number of halogens is 3. The van der Waals surface area contributed by atoms with E-state index in [9.17, 15) is 22.8 Å². The summed E-state index contributed by atoms with van der Waals surface area (Å²) in [7, 11) is 0. The van der Waals surface area contributed by atoms with Crippen molar-refractivity contribution in [3.05, 3.63) is 29.8 Å². The molecule has 1 aliphatic rings. The van der Waals surface area contributed by atoms with Gasteiger partial charge in [0.25, 0.3) is 0 Å². The van der Waals surface area contributed by atoms with Crippen molar-refractivity contribution in [2.45, 2.75) is 25.6 Å². The smallest absolute Gasteiger partial charge is 0.352 e. The van der Waals surface area contributed by atoms with Gasteiger partial charge in [0.1, 0.15) is 0 Å². The van der Waals surface area contributed by atoms with Crippen molar-refractivity contribution >= 4 is 17.6 Å². The molecule has 5 nitrogen and oxygen atoms in total. The maximum atomic E-state index is 12.6. The van der Waals surface area contributed by atoms with E-state index in [1.807, 2.05) is 0 Å². The number of urea groups is 1. The lowest BCUT2D eigenvalue weighted by Crippen LogP contribution is -2.38. The highest BCUT2D eigenvalue weighted by Crippen LogP contribution is 2.30. The van der Waals surface area contributed by atoms with E-state index in [1.54, 1.807) is 0 Å². The van der Waals surface area contributed by atoms with Gasteiger partial charge in [-0.15, -0.1) is 0 Å². The first-order valence-corrected chi connectivity index (χ1v) is 6.76. The number of rotatable bonds is 2. The minimum Gasteiger partial charge on any atom is -0.352 e. The van der Waals surface area contributed by atoms with Crippen LogP contribution in [0, 0.1) is 0 Å². The van der Waals surface area contributed by atoms with E-state index < -0.39 is 17.8 Å². The van der Waals surface area contributed by atoms with Gasteiger partial charge in [-0.3, -0.25) is 4.79 Å². The molecule has 1 aromatic carbocycles. The summed E-state index contributed by atoms with van der Waals surface area (Å²) in [6.45, 7) is 2.17. The Kier molecular flexibility index (Phi) is 4.58. The number of nitrogens with zero attached hydrogens (tertiary/aromatic N) is 1. The molecule has 1 atom stereocenters. The minimum atomic E-state index is -4.45. The first-order chi connectivity index (χ1) is 10.3. The van der Waals surface area contributed by atoms with Crippen LogP contribution in [0.1, 0.15) is 18.9 Å². The molecule has 1 saturated heterocycles. The topological polar surface area (TPSA) is 61.4 Å². The summed E-state index contributed by atoms with van der Waals surface area (Å²) in [5.41, 5.74) is -0.731. The Balaban J connectivity index is 1.97. The van der Waals surface area contributed by atoms with Crippen LogP contribution < -0.4 is 10.6 Å². The van der Waals surface area contributed by atoms with Crippen molar-refractivity contribution in [1.82, 2.24) is 10.2 Å². The molecule has 1 aromatic rings. The number of amides is 3. The lowest BCUT2D eigenvalue weighted by molar-refractivity contribution is -0.137. The van der Waals surface area contributed by atoms with Gasteiger partial charge in [0, 0.05) is 31.7 Å². The molecular weight excluding hydrogens is 299 g/mol. The Hall–Kier alpha value is -2.25. The highest BCUT2D eigenvalue weighted by molar-refractivity contribution is 5.89. The number of carbonyl (C=O) groups is 2. The zero-order chi connectivity index (χ0) is 16.3. The SMILES string of the molecule is CC(=O)N[C@H]1CCN(C(=O)Nc2cccc(C(F)(F)F)c2)C1. The maximum absolute atomic E-state index is 12.6. The van der Waals surface area contributed by atoms with Gasteiger partial charge in [0.15, 0.2) is 0 Å². The number of anilines is 1. The summed E-state index contributed by atoms with van der Waals surface area (Å²) in [6.07, 6.45) is -3.83. The van der Waals surface area contributed by atoms with E-state index in [0.29, 0.717) is 19.5 Å². The molecule has 0 spiro atoms. The lowest BCUT2D eigenvalue weighted by Gasteiger charge is -2.18. The molecule has 1 fully saturated rings. The maximum Gasteiger partial charge on any atom is 0.416 e. The zero-order valence-electron chi connectivity index (χ0n) is 11.9. The summed E-state index contributed by atoms with van der Waals surface area (Å²) >= 11 is 0. The van der Waals surface area contributed by atoms with Crippen LogP contribution in [-0.4, -0.2) is 36.0 Å². The normalized spacial score (nSPS) is 18.2. The lowest BCUT2D eigenvalue weighted by atomic mass is 10.2. The number of nitrogens with one attached hydrogen (secondary N) is 2. The fourth-order valence-corrected chi connectivity index (χ4v) is 2.33. The summed E-state index contributed by atoms with van der Waals surface area (Å²) in [5, 5.41) is 5.15. The summed E-state index contributed by atoms with van der Waals surface area (Å²) < 4.78 is 37.8. The molecule has 1 heterocycles. The van der Waals surface area contributed by atoms with Crippen LogP contribution in [0.5, 0.6) is 0 Å². The van der Waals surface area contributed by atoms with Crippen molar-refractivity contribution in [3.63, 3.8) is 0 Å². The van der Waals surface area contributed by atoms with Gasteiger partial charge in [0.05, 0.1) is 5.56 Å². The predicted octanol–water partition coefficient (Wildman–Crippen LogP) is 2.45. The van der Waals surface area contributed by atoms with E-state index in [-0.39, 0.29) is 17.6 Å². The molecule has 0 aliphatic carbocycles. The molecule has 3 amide bonds. The fraction of sp³-hybridized carbons (Fsp3) is 0.429. The highest BCUT2D eigenvalue weighted by Gasteiger charge is 2.31. The van der Waals surface area contributed by atoms with E-state index in [1.165, 1.54) is 24.0 Å². The van der Waals surface area contributed by atoms with E-state index >= 15 is 0 Å². The molecule has 0 radical (unpaired) electrons. The largest absolute Gasteiger partial charge is 0.416 e. The average molecular weight is 315 g/mol. The number of likely N-dealkylation sites (tertiary alicyclic amines) is 1. The Labute approximate surface area is 125 Å². The molecular formula is C14H16F3N3O2. The fourth-order valence-electron chi connectivity index (χ4n) is 2.33. The average Bonchev–Trinajstić information content (AvgIpc) is 2.86. The summed E-state index contributed by atoms with van der Waals surface area (Å²) in [5.74, 6) is -0.176. The van der Waals surface area contributed by atoms with E-state index in [0.717, 1.165) is 12.1 Å². The van der Waals surface area contributed by atoms with Crippen LogP contribution >= 0.6 is 0 Å². The van der Waals surface area contributed by atoms with Gasteiger partial charge >= 0.3 is 12.2 Å². The first kappa shape index (κ1) is 16.1. The number of alkyl halides is 3. The quantitative estimate of drug-likeness (QED) is 0.880. The number of benzene rings is 1. The second-order valence-electron chi connectivity index (χ2n) is 5.14. The van der Waals surface area contributed by atoms with Crippen LogP contribution in [0.4, 0.5) is 23.7 Å². The number of hydrogen-bond acceptors (Lipinski definition) is 2. The monoisotopic (exact) mass is 315 g/mol. The molecule has 22 heavy (non-hydrogen) atoms. The van der Waals surface area contributed by atoms with Gasteiger partial charge in [-0.05, 0) is 24.6 Å². The summed E-state index contributed by atoms with van der Waals surface area (Å²) in [4.78, 5) is 24.4. The third-order valence-corrected chi connectivity index (χ3v) is 3.32. The standard InChI is InChI=1S/C14H16F3N3O2/c1-9(21)18-12-5-6-20(8-12)13(22)19-11-4-2-3-10(7-11)14(15,16)17/h2-4,7,12H,5-6,8H2,1H3,(H,18,21)(H,19,22)/t12-/m0/s1. The van der Waals surface area contributed by atoms with Gasteiger partial charge in [-0.1, -0.05) is 6.07 Å². The van der Waals surface area contributed by atoms with Crippen molar-refractivity contribution in [1.29, 1.82) is 0 Å². The Morgan fingerprint density at radius 3 is 2.68 bits per heavy atom. The molecule has 0 saturated carbocycles. The second-order valence-corrected chi connectivity index (χ2v) is 5.14. The van der Waals surface area contributed by atoms with Crippen molar-refractivity contribution < 1.29 is 22.8 Å². The molecule has 8 heteroatoms. The minimum absolute atomic E-state index is 0.0859. The number of carbonyl (C=O) groups excluding carboxylic acids is 2. The van der Waals surface area contributed by atoms with Gasteiger partial charge in [0.2, 0.25) is 5.91 Å². The van der Waals surface area contributed by atoms with Gasteiger partial charge < -0.3 is 15.5 Å². The number of hydrogen-bond donors (Lipinski definition) is 2. The molecule has 120 valence electrons. The molecule has 0 bridgehead atoms.